The number of amides is 1. The number of thiophene rings is 2. The second-order valence-electron chi connectivity index (χ2n) is 4.62. The third kappa shape index (κ3) is 2.63. The third-order valence-electron chi connectivity index (χ3n) is 3.15. The van der Waals surface area contributed by atoms with Gasteiger partial charge in [0, 0.05) is 21.0 Å². The van der Waals surface area contributed by atoms with Crippen molar-refractivity contribution in [3.8, 4) is 11.5 Å². The predicted octanol–water partition coefficient (Wildman–Crippen LogP) is 4.92. The van der Waals surface area contributed by atoms with Gasteiger partial charge in [0.25, 0.3) is 11.8 Å². The summed E-state index contributed by atoms with van der Waals surface area (Å²) in [5.41, 5.74) is 0.822. The molecule has 3 aromatic heterocycles. The number of nitrogens with one attached hydrogen (secondary N) is 1. The lowest BCUT2D eigenvalue weighted by Crippen LogP contribution is -2.10. The molecule has 8 heteroatoms. The molecule has 0 saturated carbocycles. The highest BCUT2D eigenvalue weighted by Gasteiger charge is 2.19. The van der Waals surface area contributed by atoms with Crippen LogP contribution < -0.4 is 5.32 Å². The highest BCUT2D eigenvalue weighted by molar-refractivity contribution is 7.21. The Kier molecular flexibility index (Phi) is 3.60. The minimum atomic E-state index is -0.364. The minimum absolute atomic E-state index is 0.0460. The zero-order chi connectivity index (χ0) is 15.8. The molecule has 0 aliphatic carbocycles. The summed E-state index contributed by atoms with van der Waals surface area (Å²) in [6, 6.07) is 9.50. The quantitative estimate of drug-likeness (QED) is 0.562. The van der Waals surface area contributed by atoms with Crippen LogP contribution in [-0.4, -0.2) is 16.1 Å². The van der Waals surface area contributed by atoms with Crippen molar-refractivity contribution < 1.29 is 9.21 Å². The first-order valence-electron chi connectivity index (χ1n) is 6.57. The molecule has 0 radical (unpaired) electrons. The summed E-state index contributed by atoms with van der Waals surface area (Å²) in [6.45, 7) is 0. The lowest BCUT2D eigenvalue weighted by molar-refractivity contribution is 0.102. The van der Waals surface area contributed by atoms with Crippen molar-refractivity contribution >= 4 is 56.3 Å². The number of halogens is 1. The van der Waals surface area contributed by atoms with Gasteiger partial charge in [-0.25, -0.2) is 0 Å². The molecule has 0 spiro atoms. The van der Waals surface area contributed by atoms with Crippen LogP contribution >= 0.6 is 34.3 Å². The minimum Gasteiger partial charge on any atom is -0.403 e. The highest BCUT2D eigenvalue weighted by Crippen LogP contribution is 2.35. The van der Waals surface area contributed by atoms with Gasteiger partial charge in [0.05, 0.1) is 5.02 Å². The number of rotatable bonds is 3. The number of fused-ring (bicyclic) bond motifs is 1. The van der Waals surface area contributed by atoms with Crippen molar-refractivity contribution in [2.45, 2.75) is 0 Å². The zero-order valence-electron chi connectivity index (χ0n) is 11.4. The summed E-state index contributed by atoms with van der Waals surface area (Å²) in [4.78, 5) is 12.8. The monoisotopic (exact) mass is 361 g/mol. The zero-order valence-corrected chi connectivity index (χ0v) is 13.8. The maximum atomic E-state index is 12.4. The van der Waals surface area contributed by atoms with Crippen molar-refractivity contribution in [2.75, 3.05) is 5.32 Å². The number of carbonyl (C=O) groups is 1. The Morgan fingerprint density at radius 3 is 2.87 bits per heavy atom. The molecule has 3 heterocycles. The average molecular weight is 362 g/mol. The molecular formula is C15H8ClN3O2S2. The second kappa shape index (κ2) is 5.77. The van der Waals surface area contributed by atoms with Gasteiger partial charge in [0.15, 0.2) is 0 Å². The van der Waals surface area contributed by atoms with Gasteiger partial charge in [-0.2, -0.15) is 11.3 Å². The molecule has 5 nitrogen and oxygen atoms in total. The maximum Gasteiger partial charge on any atom is 0.322 e. The number of anilines is 1. The molecule has 0 fully saturated rings. The van der Waals surface area contributed by atoms with E-state index in [0.29, 0.717) is 15.8 Å². The Morgan fingerprint density at radius 2 is 2.09 bits per heavy atom. The number of aromatic nitrogens is 2. The summed E-state index contributed by atoms with van der Waals surface area (Å²) in [6.07, 6.45) is 0. The standard InChI is InChI=1S/C15H8ClN3O2S2/c16-11-9-3-1-2-4-10(9)23-12(11)13(20)17-15-19-18-14(21-15)8-5-6-22-7-8/h1-7H,(H,17,19,20). The predicted molar refractivity (Wildman–Crippen MR) is 92.4 cm³/mol. The fourth-order valence-corrected chi connectivity index (χ4v) is 4.13. The van der Waals surface area contributed by atoms with Crippen LogP contribution in [0.1, 0.15) is 9.67 Å². The number of nitrogens with zero attached hydrogens (tertiary/aromatic N) is 2. The Bertz CT molecular complexity index is 991. The molecule has 0 unspecified atom stereocenters. The van der Waals surface area contributed by atoms with Gasteiger partial charge in [0.1, 0.15) is 4.88 Å². The van der Waals surface area contributed by atoms with E-state index in [-0.39, 0.29) is 11.9 Å². The fourth-order valence-electron chi connectivity index (χ4n) is 2.09. The van der Waals surface area contributed by atoms with Crippen molar-refractivity contribution in [2.24, 2.45) is 0 Å². The average Bonchev–Trinajstić information content (AvgIpc) is 3.27. The molecule has 0 aliphatic heterocycles. The Labute approximate surface area is 143 Å². The molecule has 23 heavy (non-hydrogen) atoms. The van der Waals surface area contributed by atoms with E-state index in [0.717, 1.165) is 15.6 Å². The molecule has 0 saturated heterocycles. The van der Waals surface area contributed by atoms with Crippen LogP contribution in [0.25, 0.3) is 21.5 Å². The molecular weight excluding hydrogens is 354 g/mol. The van der Waals surface area contributed by atoms with Gasteiger partial charge in [-0.1, -0.05) is 34.9 Å². The lowest BCUT2D eigenvalue weighted by atomic mass is 10.2. The molecule has 1 amide bonds. The molecule has 114 valence electrons. The van der Waals surface area contributed by atoms with Crippen molar-refractivity contribution in [3.05, 3.63) is 51.0 Å². The lowest BCUT2D eigenvalue weighted by Gasteiger charge is -1.97. The van der Waals surface area contributed by atoms with E-state index >= 15 is 0 Å². The number of carbonyl (C=O) groups excluding carboxylic acids is 1. The van der Waals surface area contributed by atoms with Crippen LogP contribution in [0.3, 0.4) is 0 Å². The molecule has 0 bridgehead atoms. The van der Waals surface area contributed by atoms with Gasteiger partial charge in [-0.15, -0.1) is 16.4 Å². The van der Waals surface area contributed by atoms with Crippen molar-refractivity contribution in [3.63, 3.8) is 0 Å². The van der Waals surface area contributed by atoms with E-state index in [9.17, 15) is 4.79 Å². The molecule has 1 aromatic carbocycles. The maximum absolute atomic E-state index is 12.4. The normalized spacial score (nSPS) is 11.0. The van der Waals surface area contributed by atoms with Crippen LogP contribution in [0.4, 0.5) is 6.01 Å². The van der Waals surface area contributed by atoms with Gasteiger partial charge >= 0.3 is 6.01 Å². The largest absolute Gasteiger partial charge is 0.403 e. The van der Waals surface area contributed by atoms with Gasteiger partial charge in [-0.3, -0.25) is 10.1 Å². The third-order valence-corrected chi connectivity index (χ3v) is 5.51. The van der Waals surface area contributed by atoms with Gasteiger partial charge < -0.3 is 4.42 Å². The summed E-state index contributed by atoms with van der Waals surface area (Å²) in [5, 5.41) is 15.4. The van der Waals surface area contributed by atoms with Crippen LogP contribution in [0.2, 0.25) is 5.02 Å². The van der Waals surface area contributed by atoms with Crippen molar-refractivity contribution in [1.82, 2.24) is 10.2 Å². The molecule has 0 atom stereocenters. The summed E-state index contributed by atoms with van der Waals surface area (Å²) in [5.74, 6) is 0.000654. The van der Waals surface area contributed by atoms with Crippen LogP contribution in [0.5, 0.6) is 0 Å². The first-order chi connectivity index (χ1) is 11.2. The van der Waals surface area contributed by atoms with E-state index in [2.05, 4.69) is 15.5 Å². The summed E-state index contributed by atoms with van der Waals surface area (Å²) < 4.78 is 6.40. The molecule has 4 rings (SSSR count). The summed E-state index contributed by atoms with van der Waals surface area (Å²) in [7, 11) is 0. The summed E-state index contributed by atoms with van der Waals surface area (Å²) >= 11 is 9.14. The highest BCUT2D eigenvalue weighted by atomic mass is 35.5. The smallest absolute Gasteiger partial charge is 0.322 e. The first kappa shape index (κ1) is 14.4. The number of hydrogen-bond donors (Lipinski definition) is 1. The van der Waals surface area contributed by atoms with E-state index < -0.39 is 0 Å². The number of hydrogen-bond acceptors (Lipinski definition) is 6. The Balaban J connectivity index is 1.61. The SMILES string of the molecule is O=C(Nc1nnc(-c2ccsc2)o1)c1sc2ccccc2c1Cl. The van der Waals surface area contributed by atoms with E-state index in [1.54, 1.807) is 0 Å². The van der Waals surface area contributed by atoms with Crippen LogP contribution in [0, 0.1) is 0 Å². The van der Waals surface area contributed by atoms with Crippen LogP contribution in [0.15, 0.2) is 45.5 Å². The number of benzene rings is 1. The molecule has 0 aliphatic rings. The Morgan fingerprint density at radius 1 is 1.22 bits per heavy atom. The van der Waals surface area contributed by atoms with E-state index in [1.807, 2.05) is 41.1 Å². The van der Waals surface area contributed by atoms with E-state index in [4.69, 9.17) is 16.0 Å². The molecule has 4 aromatic rings. The second-order valence-corrected chi connectivity index (χ2v) is 6.83. The fraction of sp³-hybridized carbons (Fsp3) is 0. The topological polar surface area (TPSA) is 68.0 Å². The van der Waals surface area contributed by atoms with Gasteiger partial charge in [-0.05, 0) is 17.5 Å². The van der Waals surface area contributed by atoms with Crippen LogP contribution in [-0.2, 0) is 0 Å². The van der Waals surface area contributed by atoms with Gasteiger partial charge in [0.2, 0.25) is 0 Å². The first-order valence-corrected chi connectivity index (χ1v) is 8.70. The Hall–Kier alpha value is -2.22. The molecule has 1 N–H and O–H groups in total. The van der Waals surface area contributed by atoms with E-state index in [1.165, 1.54) is 22.7 Å². The van der Waals surface area contributed by atoms with Crippen molar-refractivity contribution in [1.29, 1.82) is 0 Å².